The van der Waals surface area contributed by atoms with Crippen molar-refractivity contribution >= 4 is 21.6 Å². The van der Waals surface area contributed by atoms with Crippen molar-refractivity contribution in [2.75, 3.05) is 11.9 Å². The van der Waals surface area contributed by atoms with Gasteiger partial charge in [-0.15, -0.1) is 0 Å². The second-order valence-electron chi connectivity index (χ2n) is 7.66. The summed E-state index contributed by atoms with van der Waals surface area (Å²) in [5.74, 6) is 0.143. The summed E-state index contributed by atoms with van der Waals surface area (Å²) in [6.45, 7) is 1.07. The first-order chi connectivity index (χ1) is 14.0. The highest BCUT2D eigenvalue weighted by Gasteiger charge is 2.31. The van der Waals surface area contributed by atoms with Gasteiger partial charge < -0.3 is 10.1 Å². The molecule has 0 saturated heterocycles. The average Bonchev–Trinajstić information content (AvgIpc) is 3.43. The maximum atomic E-state index is 14.8. The second kappa shape index (κ2) is 6.72. The number of halogens is 1. The smallest absolute Gasteiger partial charge is 0.331 e. The summed E-state index contributed by atoms with van der Waals surface area (Å²) >= 11 is 0. The number of carbonyl (C=O) groups is 1. The van der Waals surface area contributed by atoms with Crippen molar-refractivity contribution in [1.82, 2.24) is 14.5 Å². The molecule has 3 aliphatic rings. The Morgan fingerprint density at radius 3 is 2.48 bits per heavy atom. The zero-order valence-corrected chi connectivity index (χ0v) is 16.7. The summed E-state index contributed by atoms with van der Waals surface area (Å²) < 4.78 is 45.3. The van der Waals surface area contributed by atoms with Crippen LogP contribution >= 0.6 is 0 Å². The fraction of sp³-hybridized carbons (Fsp3) is 0.474. The molecule has 0 fully saturated rings. The molecule has 10 heteroatoms. The highest BCUT2D eigenvalue weighted by Crippen LogP contribution is 2.41. The lowest BCUT2D eigenvalue weighted by Gasteiger charge is -2.19. The molecule has 29 heavy (non-hydrogen) atoms. The largest absolute Gasteiger partial charge is 0.477 e. The number of urea groups is 1. The third-order valence-electron chi connectivity index (χ3n) is 5.87. The number of fused-ring (bicyclic) bond motifs is 3. The number of aryl methyl sites for hydroxylation is 1. The summed E-state index contributed by atoms with van der Waals surface area (Å²) in [4.78, 5) is 12.8. The van der Waals surface area contributed by atoms with E-state index in [1.165, 1.54) is 6.20 Å². The van der Waals surface area contributed by atoms with Crippen molar-refractivity contribution in [3.8, 4) is 5.88 Å². The fourth-order valence-electron chi connectivity index (χ4n) is 4.61. The van der Waals surface area contributed by atoms with E-state index in [1.54, 1.807) is 4.68 Å². The molecule has 1 aromatic carbocycles. The lowest BCUT2D eigenvalue weighted by atomic mass is 9.98. The van der Waals surface area contributed by atoms with Gasteiger partial charge in [-0.05, 0) is 60.8 Å². The molecule has 2 aliphatic carbocycles. The van der Waals surface area contributed by atoms with Gasteiger partial charge in [0, 0.05) is 18.7 Å². The normalized spacial score (nSPS) is 18.9. The van der Waals surface area contributed by atoms with Gasteiger partial charge in [0.2, 0.25) is 5.88 Å². The highest BCUT2D eigenvalue weighted by atomic mass is 32.2. The number of anilines is 1. The fourth-order valence-corrected chi connectivity index (χ4v) is 5.63. The van der Waals surface area contributed by atoms with Gasteiger partial charge >= 0.3 is 6.03 Å². The number of nitrogens with one attached hydrogen (secondary N) is 3. The third-order valence-corrected chi connectivity index (χ3v) is 7.24. The second-order valence-corrected chi connectivity index (χ2v) is 9.42. The molecule has 1 atom stereocenters. The molecule has 3 N–H and O–H groups in total. The molecule has 1 aromatic heterocycles. The van der Waals surface area contributed by atoms with E-state index in [0.717, 1.165) is 30.4 Å². The first-order valence-corrected chi connectivity index (χ1v) is 11.4. The van der Waals surface area contributed by atoms with Gasteiger partial charge in [0.05, 0.1) is 12.8 Å². The number of hydrogen-bond acceptors (Lipinski definition) is 5. The van der Waals surface area contributed by atoms with Crippen molar-refractivity contribution in [2.45, 2.75) is 56.4 Å². The zero-order valence-electron chi connectivity index (χ0n) is 15.8. The Kier molecular flexibility index (Phi) is 4.27. The van der Waals surface area contributed by atoms with Crippen LogP contribution in [0, 0.1) is 10.6 Å². The number of ether oxygens (including phenoxy) is 1. The molecule has 2 aromatic rings. The minimum Gasteiger partial charge on any atom is -0.477 e. The van der Waals surface area contributed by atoms with E-state index in [0.29, 0.717) is 55.6 Å². The molecule has 0 radical (unpaired) electrons. The minimum absolute atomic E-state index is 0.0573. The molecular weight excluding hydrogens is 397 g/mol. The van der Waals surface area contributed by atoms with E-state index in [-0.39, 0.29) is 16.6 Å². The van der Waals surface area contributed by atoms with Crippen LogP contribution in [-0.2, 0) is 42.1 Å². The Morgan fingerprint density at radius 2 is 1.79 bits per heavy atom. The summed E-state index contributed by atoms with van der Waals surface area (Å²) in [6.07, 6.45) is 6.53. The van der Waals surface area contributed by atoms with Gasteiger partial charge in [0.15, 0.2) is 9.92 Å². The molecule has 0 spiro atoms. The molecule has 0 bridgehead atoms. The van der Waals surface area contributed by atoms with Crippen LogP contribution in [0.3, 0.4) is 0 Å². The van der Waals surface area contributed by atoms with Crippen LogP contribution in [0.25, 0.3) is 0 Å². The Labute approximate surface area is 167 Å². The SMILES string of the molecule is N=S(=O)(NC(=O)Nc1c2c(c(F)c3c1CCC3)CCC2)c1cnn2c1OCCC2. The van der Waals surface area contributed by atoms with Gasteiger partial charge in [-0.25, -0.2) is 27.6 Å². The van der Waals surface area contributed by atoms with Crippen molar-refractivity contribution < 1.29 is 18.1 Å². The van der Waals surface area contributed by atoms with Gasteiger partial charge in [-0.1, -0.05) is 0 Å². The molecule has 0 saturated carbocycles. The van der Waals surface area contributed by atoms with E-state index >= 15 is 0 Å². The minimum atomic E-state index is -3.66. The van der Waals surface area contributed by atoms with Crippen LogP contribution in [0.15, 0.2) is 11.1 Å². The summed E-state index contributed by atoms with van der Waals surface area (Å²) in [6, 6.07) is -0.740. The van der Waals surface area contributed by atoms with Crippen LogP contribution in [0.4, 0.5) is 14.9 Å². The summed E-state index contributed by atoms with van der Waals surface area (Å²) in [5.41, 5.74) is 3.67. The van der Waals surface area contributed by atoms with Gasteiger partial charge in [-0.3, -0.25) is 0 Å². The Morgan fingerprint density at radius 1 is 1.14 bits per heavy atom. The van der Waals surface area contributed by atoms with Crippen LogP contribution in [0.1, 0.15) is 41.5 Å². The topological polar surface area (TPSA) is 109 Å². The molecule has 2 heterocycles. The van der Waals surface area contributed by atoms with Crippen LogP contribution in [0.5, 0.6) is 5.88 Å². The first-order valence-electron chi connectivity index (χ1n) is 9.87. The molecule has 8 nitrogen and oxygen atoms in total. The molecule has 5 rings (SSSR count). The summed E-state index contributed by atoms with van der Waals surface area (Å²) in [7, 11) is -3.66. The van der Waals surface area contributed by atoms with Gasteiger partial charge in [0.1, 0.15) is 10.7 Å². The molecule has 154 valence electrons. The van der Waals surface area contributed by atoms with Gasteiger partial charge in [-0.2, -0.15) is 5.10 Å². The van der Waals surface area contributed by atoms with E-state index in [1.807, 2.05) is 0 Å². The quantitative estimate of drug-likeness (QED) is 0.711. The number of nitrogens with zero attached hydrogens (tertiary/aromatic N) is 2. The molecule has 2 amide bonds. The highest BCUT2D eigenvalue weighted by molar-refractivity contribution is 7.91. The predicted molar refractivity (Wildman–Crippen MR) is 104 cm³/mol. The van der Waals surface area contributed by atoms with Crippen molar-refractivity contribution in [3.05, 3.63) is 34.3 Å². The van der Waals surface area contributed by atoms with Crippen LogP contribution < -0.4 is 14.8 Å². The lowest BCUT2D eigenvalue weighted by Crippen LogP contribution is -2.34. The van der Waals surface area contributed by atoms with E-state index in [4.69, 9.17) is 9.52 Å². The van der Waals surface area contributed by atoms with Crippen molar-refractivity contribution in [1.29, 1.82) is 4.78 Å². The van der Waals surface area contributed by atoms with Gasteiger partial charge in [0.25, 0.3) is 0 Å². The molecular formula is C19H22FN5O3S. The van der Waals surface area contributed by atoms with Crippen molar-refractivity contribution in [3.63, 3.8) is 0 Å². The van der Waals surface area contributed by atoms with E-state index in [9.17, 15) is 13.4 Å². The predicted octanol–water partition coefficient (Wildman–Crippen LogP) is 2.92. The maximum absolute atomic E-state index is 14.8. The Bertz CT molecular complexity index is 1090. The number of aromatic nitrogens is 2. The summed E-state index contributed by atoms with van der Waals surface area (Å²) in [5, 5.41) is 6.88. The zero-order chi connectivity index (χ0) is 20.2. The van der Waals surface area contributed by atoms with Crippen LogP contribution in [0.2, 0.25) is 0 Å². The Balaban J connectivity index is 1.43. The number of benzene rings is 1. The first kappa shape index (κ1) is 18.4. The Hall–Kier alpha value is -2.62. The number of rotatable bonds is 3. The van der Waals surface area contributed by atoms with Crippen molar-refractivity contribution in [2.24, 2.45) is 0 Å². The van der Waals surface area contributed by atoms with E-state index < -0.39 is 15.9 Å². The number of carbonyl (C=O) groups excluding carboxylic acids is 1. The standard InChI is InChI=1S/C19H22FN5O3S/c20-16-11-4-1-6-13(11)17(14-7-2-5-12(14)16)23-19(26)24-29(21,27)15-10-22-25-8-3-9-28-18(15)25/h10H,1-9H2,(H3,21,23,24,26,27). The van der Waals surface area contributed by atoms with Crippen LogP contribution in [-0.4, -0.2) is 26.6 Å². The third kappa shape index (κ3) is 2.97. The van der Waals surface area contributed by atoms with E-state index in [2.05, 4.69) is 15.1 Å². The molecule has 1 unspecified atom stereocenters. The lowest BCUT2D eigenvalue weighted by molar-refractivity contribution is 0.224. The molecule has 1 aliphatic heterocycles. The number of hydrogen-bond donors (Lipinski definition) is 3. The monoisotopic (exact) mass is 419 g/mol. The maximum Gasteiger partial charge on any atom is 0.331 e. The average molecular weight is 419 g/mol. The number of amides is 2.